The van der Waals surface area contributed by atoms with Crippen LogP contribution in [0.4, 0.5) is 0 Å². The van der Waals surface area contributed by atoms with Gasteiger partial charge in [0.25, 0.3) is 0 Å². The summed E-state index contributed by atoms with van der Waals surface area (Å²) in [7, 11) is 0. The van der Waals surface area contributed by atoms with E-state index in [1.165, 1.54) is 0 Å². The van der Waals surface area contributed by atoms with Crippen LogP contribution in [0, 0.1) is 5.92 Å². The van der Waals surface area contributed by atoms with Gasteiger partial charge in [0.2, 0.25) is 0 Å². The molecule has 0 radical (unpaired) electrons. The highest BCUT2D eigenvalue weighted by molar-refractivity contribution is 5.70. The number of ether oxygens (including phenoxy) is 1. The molecule has 0 aliphatic rings. The van der Waals surface area contributed by atoms with Crippen molar-refractivity contribution < 1.29 is 9.53 Å². The number of carbonyl (C=O) groups excluding carboxylic acids is 1. The zero-order valence-corrected chi connectivity index (χ0v) is 10.1. The zero-order valence-electron chi connectivity index (χ0n) is 10.1. The van der Waals surface area contributed by atoms with E-state index in [0.717, 1.165) is 5.56 Å². The molecule has 1 atom stereocenters. The summed E-state index contributed by atoms with van der Waals surface area (Å²) in [4.78, 5) is 11.5. The molecule has 3 heteroatoms. The van der Waals surface area contributed by atoms with Gasteiger partial charge in [0.15, 0.2) is 5.72 Å². The molecule has 0 amide bonds. The Labute approximate surface area is 96.6 Å². The lowest BCUT2D eigenvalue weighted by molar-refractivity contribution is -0.159. The maximum absolute atomic E-state index is 11.5. The second kappa shape index (κ2) is 5.12. The first-order valence-electron chi connectivity index (χ1n) is 5.48. The third kappa shape index (κ3) is 3.66. The molecule has 88 valence electrons. The van der Waals surface area contributed by atoms with Crippen molar-refractivity contribution in [1.82, 2.24) is 0 Å². The number of hydrogen-bond acceptors (Lipinski definition) is 3. The molecule has 0 aliphatic carbocycles. The summed E-state index contributed by atoms with van der Waals surface area (Å²) in [5, 5.41) is 0. The lowest BCUT2D eigenvalue weighted by Gasteiger charge is -2.25. The van der Waals surface area contributed by atoms with Crippen LogP contribution in [-0.2, 0) is 15.3 Å². The number of nitrogens with two attached hydrogens (primary N) is 1. The molecule has 0 fully saturated rings. The van der Waals surface area contributed by atoms with Gasteiger partial charge in [-0.2, -0.15) is 0 Å². The molecule has 1 aromatic rings. The fourth-order valence-electron chi connectivity index (χ4n) is 1.44. The maximum Gasteiger partial charge on any atom is 0.308 e. The topological polar surface area (TPSA) is 52.3 Å². The molecule has 0 saturated heterocycles. The first-order valence-corrected chi connectivity index (χ1v) is 5.48. The molecule has 2 N–H and O–H groups in total. The lowest BCUT2D eigenvalue weighted by Crippen LogP contribution is -2.38. The van der Waals surface area contributed by atoms with Crippen LogP contribution in [0.5, 0.6) is 0 Å². The van der Waals surface area contributed by atoms with Gasteiger partial charge in [-0.1, -0.05) is 44.2 Å². The quantitative estimate of drug-likeness (QED) is 0.627. The molecule has 1 unspecified atom stereocenters. The second-order valence-corrected chi connectivity index (χ2v) is 4.55. The molecular formula is C13H19NO2. The fraction of sp³-hybridized carbons (Fsp3) is 0.462. The molecule has 0 aromatic heterocycles. The molecule has 1 rings (SSSR count). The highest BCUT2D eigenvalue weighted by atomic mass is 16.6. The minimum absolute atomic E-state index is 0.260. The van der Waals surface area contributed by atoms with E-state index in [0.29, 0.717) is 6.42 Å². The summed E-state index contributed by atoms with van der Waals surface area (Å²) in [6, 6.07) is 9.34. The SMILES string of the molecule is CC(C)CC(=O)OC(C)(N)c1ccccc1. The molecule has 0 spiro atoms. The second-order valence-electron chi connectivity index (χ2n) is 4.55. The maximum atomic E-state index is 11.5. The van der Waals surface area contributed by atoms with Gasteiger partial charge in [-0.15, -0.1) is 0 Å². The summed E-state index contributed by atoms with van der Waals surface area (Å²) >= 11 is 0. The number of benzene rings is 1. The van der Waals surface area contributed by atoms with Gasteiger partial charge in [0, 0.05) is 12.0 Å². The first-order chi connectivity index (χ1) is 7.42. The van der Waals surface area contributed by atoms with Crippen LogP contribution < -0.4 is 5.73 Å². The molecule has 0 aliphatic heterocycles. The van der Waals surface area contributed by atoms with Gasteiger partial charge in [-0.25, -0.2) is 0 Å². The molecular weight excluding hydrogens is 202 g/mol. The largest absolute Gasteiger partial charge is 0.440 e. The third-order valence-electron chi connectivity index (χ3n) is 2.25. The minimum Gasteiger partial charge on any atom is -0.440 e. The average molecular weight is 221 g/mol. The van der Waals surface area contributed by atoms with Crippen LogP contribution >= 0.6 is 0 Å². The van der Waals surface area contributed by atoms with E-state index in [1.54, 1.807) is 6.92 Å². The molecule has 16 heavy (non-hydrogen) atoms. The van der Waals surface area contributed by atoms with Gasteiger partial charge in [0.1, 0.15) is 0 Å². The predicted octanol–water partition coefficient (Wildman–Crippen LogP) is 2.41. The zero-order chi connectivity index (χ0) is 12.2. The summed E-state index contributed by atoms with van der Waals surface area (Å²) in [6.07, 6.45) is 0.389. The van der Waals surface area contributed by atoms with E-state index in [-0.39, 0.29) is 11.9 Å². The first kappa shape index (κ1) is 12.7. The Morgan fingerprint density at radius 1 is 1.38 bits per heavy atom. The Morgan fingerprint density at radius 3 is 2.44 bits per heavy atom. The van der Waals surface area contributed by atoms with Crippen molar-refractivity contribution in [3.63, 3.8) is 0 Å². The van der Waals surface area contributed by atoms with Gasteiger partial charge in [-0.05, 0) is 12.8 Å². The van der Waals surface area contributed by atoms with Crippen molar-refractivity contribution in [1.29, 1.82) is 0 Å². The van der Waals surface area contributed by atoms with Crippen LogP contribution in [0.25, 0.3) is 0 Å². The van der Waals surface area contributed by atoms with Gasteiger partial charge < -0.3 is 4.74 Å². The smallest absolute Gasteiger partial charge is 0.308 e. The highest BCUT2D eigenvalue weighted by Gasteiger charge is 2.25. The van der Waals surface area contributed by atoms with Gasteiger partial charge in [0.05, 0.1) is 0 Å². The van der Waals surface area contributed by atoms with E-state index in [1.807, 2.05) is 44.2 Å². The minimum atomic E-state index is -1.05. The van der Waals surface area contributed by atoms with Crippen LogP contribution in [0.3, 0.4) is 0 Å². The van der Waals surface area contributed by atoms with E-state index in [2.05, 4.69) is 0 Å². The number of rotatable bonds is 4. The van der Waals surface area contributed by atoms with Crippen LogP contribution in [0.2, 0.25) is 0 Å². The van der Waals surface area contributed by atoms with Crippen LogP contribution in [-0.4, -0.2) is 5.97 Å². The van der Waals surface area contributed by atoms with Crippen molar-refractivity contribution >= 4 is 5.97 Å². The van der Waals surface area contributed by atoms with Crippen molar-refractivity contribution in [3.05, 3.63) is 35.9 Å². The standard InChI is InChI=1S/C13H19NO2/c1-10(2)9-12(15)16-13(3,14)11-7-5-4-6-8-11/h4-8,10H,9,14H2,1-3H3. The highest BCUT2D eigenvalue weighted by Crippen LogP contribution is 2.20. The number of carbonyl (C=O) groups is 1. The number of hydrogen-bond donors (Lipinski definition) is 1. The predicted molar refractivity (Wildman–Crippen MR) is 63.5 cm³/mol. The molecule has 0 saturated carbocycles. The van der Waals surface area contributed by atoms with Crippen LogP contribution in [0.1, 0.15) is 32.8 Å². The summed E-state index contributed by atoms with van der Waals surface area (Å²) in [5.41, 5.74) is 5.72. The van der Waals surface area contributed by atoms with E-state index in [9.17, 15) is 4.79 Å². The average Bonchev–Trinajstić information content (AvgIpc) is 2.16. The summed E-state index contributed by atoms with van der Waals surface area (Å²) in [5.74, 6) is 0.0166. The van der Waals surface area contributed by atoms with Crippen molar-refractivity contribution in [2.24, 2.45) is 11.7 Å². The van der Waals surface area contributed by atoms with E-state index < -0.39 is 5.72 Å². The van der Waals surface area contributed by atoms with Crippen LogP contribution in [0.15, 0.2) is 30.3 Å². The van der Waals surface area contributed by atoms with Gasteiger partial charge in [-0.3, -0.25) is 10.5 Å². The molecule has 0 heterocycles. The Bertz CT molecular complexity index is 344. The Hall–Kier alpha value is -1.35. The molecule has 1 aromatic carbocycles. The lowest BCUT2D eigenvalue weighted by atomic mass is 10.1. The normalized spacial score (nSPS) is 14.6. The Balaban J connectivity index is 2.69. The van der Waals surface area contributed by atoms with E-state index in [4.69, 9.17) is 10.5 Å². The third-order valence-corrected chi connectivity index (χ3v) is 2.25. The van der Waals surface area contributed by atoms with Crippen molar-refractivity contribution in [2.45, 2.75) is 32.9 Å². The molecule has 0 bridgehead atoms. The van der Waals surface area contributed by atoms with Crippen molar-refractivity contribution in [3.8, 4) is 0 Å². The fourth-order valence-corrected chi connectivity index (χ4v) is 1.44. The summed E-state index contributed by atoms with van der Waals surface area (Å²) in [6.45, 7) is 5.63. The molecule has 3 nitrogen and oxygen atoms in total. The van der Waals surface area contributed by atoms with Crippen molar-refractivity contribution in [2.75, 3.05) is 0 Å². The number of esters is 1. The van der Waals surface area contributed by atoms with Gasteiger partial charge >= 0.3 is 5.97 Å². The summed E-state index contributed by atoms with van der Waals surface area (Å²) < 4.78 is 5.27. The Morgan fingerprint density at radius 2 is 1.94 bits per heavy atom. The monoisotopic (exact) mass is 221 g/mol. The Kier molecular flexibility index (Phi) is 4.07. The van der Waals surface area contributed by atoms with E-state index >= 15 is 0 Å².